The van der Waals surface area contributed by atoms with E-state index in [2.05, 4.69) is 5.32 Å². The Kier molecular flexibility index (Phi) is 10.5. The third-order valence-corrected chi connectivity index (χ3v) is 9.58. The average Bonchev–Trinajstić information content (AvgIpc) is 3.50. The number of nitrogens with one attached hydrogen (secondary N) is 1. The molecule has 3 aromatic carbocycles. The van der Waals surface area contributed by atoms with Crippen molar-refractivity contribution < 1.29 is 27.1 Å². The van der Waals surface area contributed by atoms with Crippen LogP contribution in [0.2, 0.25) is 5.02 Å². The number of rotatable bonds is 12. The molecule has 4 rings (SSSR count). The lowest BCUT2D eigenvalue weighted by Crippen LogP contribution is -2.53. The van der Waals surface area contributed by atoms with Gasteiger partial charge in [0.15, 0.2) is 0 Å². The molecule has 8 nitrogen and oxygen atoms in total. The third kappa shape index (κ3) is 7.41. The number of nitrogens with zero attached hydrogens (tertiary/aromatic N) is 2. The molecule has 0 aliphatic heterocycles. The first kappa shape index (κ1) is 31.3. The molecule has 0 aromatic heterocycles. The van der Waals surface area contributed by atoms with E-state index in [1.165, 1.54) is 48.4 Å². The average molecular weight is 616 g/mol. The molecule has 0 spiro atoms. The molecular weight excluding hydrogens is 581 g/mol. The van der Waals surface area contributed by atoms with E-state index >= 15 is 0 Å². The predicted molar refractivity (Wildman–Crippen MR) is 160 cm³/mol. The minimum atomic E-state index is -4.29. The van der Waals surface area contributed by atoms with Crippen LogP contribution in [-0.2, 0) is 26.2 Å². The van der Waals surface area contributed by atoms with Crippen LogP contribution in [0.25, 0.3) is 0 Å². The molecule has 0 unspecified atom stereocenters. The zero-order chi connectivity index (χ0) is 30.3. The molecule has 1 fully saturated rings. The van der Waals surface area contributed by atoms with Crippen molar-refractivity contribution in [1.82, 2.24) is 10.2 Å². The number of hydrogen-bond donors (Lipinski definition) is 1. The molecular formula is C31H35ClFN3O5S. The summed E-state index contributed by atoms with van der Waals surface area (Å²) in [5, 5.41) is 3.49. The van der Waals surface area contributed by atoms with Gasteiger partial charge in [-0.15, -0.1) is 0 Å². The topological polar surface area (TPSA) is 96.0 Å². The van der Waals surface area contributed by atoms with E-state index in [1.807, 2.05) is 0 Å². The minimum Gasteiger partial charge on any atom is -0.497 e. The van der Waals surface area contributed by atoms with Crippen LogP contribution in [0.1, 0.15) is 44.6 Å². The highest BCUT2D eigenvalue weighted by Gasteiger charge is 2.35. The Labute approximate surface area is 251 Å². The summed E-state index contributed by atoms with van der Waals surface area (Å²) in [7, 11) is -2.83. The van der Waals surface area contributed by atoms with E-state index in [1.54, 1.807) is 31.2 Å². The summed E-state index contributed by atoms with van der Waals surface area (Å²) in [5.74, 6) is -0.994. The highest BCUT2D eigenvalue weighted by atomic mass is 35.5. The molecule has 1 N–H and O–H groups in total. The van der Waals surface area contributed by atoms with Gasteiger partial charge in [-0.3, -0.25) is 13.9 Å². The number of anilines is 1. The molecule has 3 aromatic rings. The summed E-state index contributed by atoms with van der Waals surface area (Å²) < 4.78 is 47.7. The number of benzene rings is 3. The zero-order valence-corrected chi connectivity index (χ0v) is 25.2. The van der Waals surface area contributed by atoms with E-state index in [4.69, 9.17) is 16.3 Å². The lowest BCUT2D eigenvalue weighted by atomic mass is 10.1. The van der Waals surface area contributed by atoms with Gasteiger partial charge in [-0.2, -0.15) is 0 Å². The number of ether oxygens (including phenoxy) is 1. The smallest absolute Gasteiger partial charge is 0.264 e. The molecule has 1 aliphatic carbocycles. The van der Waals surface area contributed by atoms with Crippen LogP contribution in [0, 0.1) is 5.82 Å². The van der Waals surface area contributed by atoms with Crippen LogP contribution < -0.4 is 14.4 Å². The second-order valence-corrected chi connectivity index (χ2v) is 12.5. The Morgan fingerprint density at radius 2 is 1.67 bits per heavy atom. The summed E-state index contributed by atoms with van der Waals surface area (Å²) in [6.07, 6.45) is 4.11. The molecule has 0 saturated heterocycles. The summed E-state index contributed by atoms with van der Waals surface area (Å²) in [6, 6.07) is 16.8. The second-order valence-electron chi connectivity index (χ2n) is 10.2. The van der Waals surface area contributed by atoms with Gasteiger partial charge in [0.05, 0.1) is 17.7 Å². The van der Waals surface area contributed by atoms with E-state index in [0.717, 1.165) is 42.1 Å². The Bertz CT molecular complexity index is 1480. The van der Waals surface area contributed by atoms with E-state index < -0.39 is 34.3 Å². The highest BCUT2D eigenvalue weighted by molar-refractivity contribution is 7.92. The van der Waals surface area contributed by atoms with Crippen molar-refractivity contribution in [1.29, 1.82) is 0 Å². The molecule has 0 radical (unpaired) electrons. The van der Waals surface area contributed by atoms with Crippen LogP contribution in [-0.4, -0.2) is 50.9 Å². The lowest BCUT2D eigenvalue weighted by Gasteiger charge is -2.34. The highest BCUT2D eigenvalue weighted by Crippen LogP contribution is 2.27. The van der Waals surface area contributed by atoms with Crippen LogP contribution in [0.5, 0.6) is 5.75 Å². The van der Waals surface area contributed by atoms with Crippen molar-refractivity contribution in [2.75, 3.05) is 18.0 Å². The van der Waals surface area contributed by atoms with Crippen molar-refractivity contribution >= 4 is 39.1 Å². The Morgan fingerprint density at radius 1 is 1.02 bits per heavy atom. The van der Waals surface area contributed by atoms with Crippen LogP contribution in [0.3, 0.4) is 0 Å². The summed E-state index contributed by atoms with van der Waals surface area (Å²) in [5.41, 5.74) is 0.715. The quantitative estimate of drug-likeness (QED) is 0.288. The Hall–Kier alpha value is -3.63. The van der Waals surface area contributed by atoms with Gasteiger partial charge in [0.2, 0.25) is 11.8 Å². The summed E-state index contributed by atoms with van der Waals surface area (Å²) >= 11 is 6.44. The van der Waals surface area contributed by atoms with Crippen LogP contribution >= 0.6 is 11.6 Å². The largest absolute Gasteiger partial charge is 0.497 e. The first-order valence-corrected chi connectivity index (χ1v) is 15.7. The monoisotopic (exact) mass is 615 g/mol. The molecule has 0 heterocycles. The Morgan fingerprint density at radius 3 is 2.26 bits per heavy atom. The summed E-state index contributed by atoms with van der Waals surface area (Å²) in [6.45, 7) is 1.17. The van der Waals surface area contributed by atoms with E-state index in [9.17, 15) is 22.4 Å². The van der Waals surface area contributed by atoms with Gasteiger partial charge in [-0.1, -0.05) is 49.6 Å². The van der Waals surface area contributed by atoms with Crippen molar-refractivity contribution in [3.63, 3.8) is 0 Å². The fourth-order valence-corrected chi connectivity index (χ4v) is 6.72. The molecule has 1 atom stereocenters. The van der Waals surface area contributed by atoms with E-state index in [0.29, 0.717) is 22.8 Å². The Balaban J connectivity index is 1.71. The van der Waals surface area contributed by atoms with Crippen molar-refractivity contribution in [3.05, 3.63) is 89.2 Å². The number of halogens is 2. The minimum absolute atomic E-state index is 0.00502. The number of sulfonamides is 1. The number of hydrogen-bond acceptors (Lipinski definition) is 5. The number of carbonyl (C=O) groups is 2. The summed E-state index contributed by atoms with van der Waals surface area (Å²) in [4.78, 5) is 28.9. The molecule has 224 valence electrons. The maximum Gasteiger partial charge on any atom is 0.264 e. The maximum atomic E-state index is 14.1. The SMILES string of the molecule is CC[C@@H](C(=O)NC1CCCC1)N(Cc1ccccc1Cl)C(=O)CN(c1ccc(F)cc1)S(=O)(=O)c1ccc(OC)cc1. The fraction of sp³-hybridized carbons (Fsp3) is 0.355. The number of carbonyl (C=O) groups excluding carboxylic acids is 2. The maximum absolute atomic E-state index is 14.1. The van der Waals surface area contributed by atoms with E-state index in [-0.39, 0.29) is 29.1 Å². The normalized spacial score (nSPS) is 14.3. The first-order chi connectivity index (χ1) is 20.1. The molecule has 0 bridgehead atoms. The molecule has 1 saturated carbocycles. The second kappa shape index (κ2) is 14.0. The van der Waals surface area contributed by atoms with Gasteiger partial charge in [0, 0.05) is 17.6 Å². The predicted octanol–water partition coefficient (Wildman–Crippen LogP) is 5.55. The first-order valence-electron chi connectivity index (χ1n) is 13.9. The standard InChI is InChI=1S/C31H35ClFN3O5S/c1-3-29(31(38)34-24-9-5-6-10-24)35(20-22-8-4-7-11-28(22)32)30(37)21-36(25-14-12-23(33)13-15-25)42(39,40)27-18-16-26(41-2)17-19-27/h4,7-8,11-19,24,29H,3,5-6,9-10,20-21H2,1-2H3,(H,34,38)/t29-/m0/s1. The van der Waals surface area contributed by atoms with Crippen LogP contribution in [0.15, 0.2) is 77.7 Å². The third-order valence-electron chi connectivity index (χ3n) is 7.43. The van der Waals surface area contributed by atoms with Gasteiger partial charge in [0.1, 0.15) is 24.2 Å². The van der Waals surface area contributed by atoms with Gasteiger partial charge < -0.3 is 15.0 Å². The van der Waals surface area contributed by atoms with Gasteiger partial charge in [-0.25, -0.2) is 12.8 Å². The van der Waals surface area contributed by atoms with Crippen molar-refractivity contribution in [3.8, 4) is 5.75 Å². The fourth-order valence-electron chi connectivity index (χ4n) is 5.11. The molecule has 11 heteroatoms. The van der Waals surface area contributed by atoms with Crippen molar-refractivity contribution in [2.24, 2.45) is 0 Å². The zero-order valence-electron chi connectivity index (χ0n) is 23.6. The van der Waals surface area contributed by atoms with Gasteiger partial charge >= 0.3 is 0 Å². The van der Waals surface area contributed by atoms with Crippen molar-refractivity contribution in [2.45, 2.75) is 62.6 Å². The van der Waals surface area contributed by atoms with Gasteiger partial charge in [0.25, 0.3) is 10.0 Å². The lowest BCUT2D eigenvalue weighted by molar-refractivity contribution is -0.140. The van der Waals surface area contributed by atoms with Gasteiger partial charge in [-0.05, 0) is 79.4 Å². The number of amides is 2. The number of methoxy groups -OCH3 is 1. The molecule has 2 amide bonds. The molecule has 42 heavy (non-hydrogen) atoms. The van der Waals surface area contributed by atoms with Crippen LogP contribution in [0.4, 0.5) is 10.1 Å². The molecule has 1 aliphatic rings.